The molecule has 0 spiro atoms. The molecule has 0 radical (unpaired) electrons. The molecule has 0 bridgehead atoms. The Morgan fingerprint density at radius 3 is 2.65 bits per heavy atom. The second kappa shape index (κ2) is 6.65. The smallest absolute Gasteiger partial charge is 0.254 e. The van der Waals surface area contributed by atoms with Gasteiger partial charge in [-0.2, -0.15) is 0 Å². The van der Waals surface area contributed by atoms with Crippen LogP contribution in [0.5, 0.6) is 11.5 Å². The van der Waals surface area contributed by atoms with Crippen LogP contribution >= 0.6 is 0 Å². The Labute approximate surface area is 150 Å². The molecule has 1 aliphatic rings. The molecule has 6 nitrogen and oxygen atoms in total. The fraction of sp³-hybridized carbons (Fsp3) is 0.200. The van der Waals surface area contributed by atoms with Crippen LogP contribution in [0.15, 0.2) is 53.3 Å². The van der Waals surface area contributed by atoms with E-state index in [2.05, 4.69) is 14.9 Å². The number of aromatic hydroxyl groups is 2. The van der Waals surface area contributed by atoms with Crippen molar-refractivity contribution in [3.05, 3.63) is 75.7 Å². The molecule has 0 fully saturated rings. The number of aromatic nitrogens is 2. The van der Waals surface area contributed by atoms with Crippen molar-refractivity contribution in [1.82, 2.24) is 14.9 Å². The van der Waals surface area contributed by atoms with E-state index in [0.717, 1.165) is 28.9 Å². The molecule has 3 N–H and O–H groups in total. The van der Waals surface area contributed by atoms with E-state index in [4.69, 9.17) is 0 Å². The van der Waals surface area contributed by atoms with Crippen LogP contribution in [-0.2, 0) is 19.5 Å². The fourth-order valence-electron chi connectivity index (χ4n) is 3.29. The summed E-state index contributed by atoms with van der Waals surface area (Å²) in [6.07, 6.45) is 0.636. The summed E-state index contributed by atoms with van der Waals surface area (Å²) in [5.74, 6) is 0.331. The SMILES string of the molecule is O=c1[nH]c(-c2ccccc2)nc2c1CCN(Cc1ccc(O)c(O)c1)C2. The van der Waals surface area contributed by atoms with Gasteiger partial charge in [-0.15, -0.1) is 0 Å². The van der Waals surface area contributed by atoms with Crippen LogP contribution in [0.1, 0.15) is 16.8 Å². The van der Waals surface area contributed by atoms with Gasteiger partial charge in [0, 0.05) is 30.8 Å². The third-order valence-electron chi connectivity index (χ3n) is 4.65. The van der Waals surface area contributed by atoms with Crippen molar-refractivity contribution in [3.8, 4) is 22.9 Å². The van der Waals surface area contributed by atoms with Crippen molar-refractivity contribution in [2.45, 2.75) is 19.5 Å². The van der Waals surface area contributed by atoms with Gasteiger partial charge in [-0.25, -0.2) is 4.98 Å². The lowest BCUT2D eigenvalue weighted by Crippen LogP contribution is -2.35. The van der Waals surface area contributed by atoms with Crippen LogP contribution in [0.2, 0.25) is 0 Å². The Morgan fingerprint density at radius 2 is 1.88 bits per heavy atom. The van der Waals surface area contributed by atoms with E-state index in [1.54, 1.807) is 12.1 Å². The summed E-state index contributed by atoms with van der Waals surface area (Å²) in [7, 11) is 0. The Morgan fingerprint density at radius 1 is 1.08 bits per heavy atom. The zero-order valence-corrected chi connectivity index (χ0v) is 14.1. The average molecular weight is 349 g/mol. The van der Waals surface area contributed by atoms with Gasteiger partial charge in [0.2, 0.25) is 0 Å². The minimum absolute atomic E-state index is 0.0734. The topological polar surface area (TPSA) is 89.5 Å². The average Bonchev–Trinajstić information content (AvgIpc) is 2.65. The minimum Gasteiger partial charge on any atom is -0.504 e. The number of nitrogens with zero attached hydrogens (tertiary/aromatic N) is 2. The van der Waals surface area contributed by atoms with Gasteiger partial charge in [-0.05, 0) is 24.1 Å². The molecule has 6 heteroatoms. The Bertz CT molecular complexity index is 999. The highest BCUT2D eigenvalue weighted by molar-refractivity contribution is 5.54. The molecule has 2 aromatic carbocycles. The van der Waals surface area contributed by atoms with E-state index >= 15 is 0 Å². The summed E-state index contributed by atoms with van der Waals surface area (Å²) in [4.78, 5) is 22.2. The molecule has 0 aliphatic carbocycles. The quantitative estimate of drug-likeness (QED) is 0.632. The summed E-state index contributed by atoms with van der Waals surface area (Å²) >= 11 is 0. The van der Waals surface area contributed by atoms with Crippen molar-refractivity contribution in [3.63, 3.8) is 0 Å². The molecule has 0 amide bonds. The summed E-state index contributed by atoms with van der Waals surface area (Å²) < 4.78 is 0. The molecule has 0 saturated carbocycles. The van der Waals surface area contributed by atoms with E-state index < -0.39 is 0 Å². The number of fused-ring (bicyclic) bond motifs is 1. The third kappa shape index (κ3) is 3.19. The van der Waals surface area contributed by atoms with Gasteiger partial charge in [0.1, 0.15) is 5.82 Å². The maximum Gasteiger partial charge on any atom is 0.254 e. The number of aromatic amines is 1. The first-order valence-corrected chi connectivity index (χ1v) is 8.51. The van der Waals surface area contributed by atoms with Gasteiger partial charge in [0.05, 0.1) is 5.69 Å². The Hall–Kier alpha value is -3.12. The lowest BCUT2D eigenvalue weighted by atomic mass is 10.0. The van der Waals surface area contributed by atoms with Crippen LogP contribution in [0.4, 0.5) is 0 Å². The van der Waals surface area contributed by atoms with Gasteiger partial charge in [-0.1, -0.05) is 36.4 Å². The highest BCUT2D eigenvalue weighted by Crippen LogP contribution is 2.26. The molecule has 0 saturated heterocycles. The largest absolute Gasteiger partial charge is 0.504 e. The predicted molar refractivity (Wildman–Crippen MR) is 97.9 cm³/mol. The number of hydrogen-bond donors (Lipinski definition) is 3. The Balaban J connectivity index is 1.60. The second-order valence-corrected chi connectivity index (χ2v) is 6.49. The second-order valence-electron chi connectivity index (χ2n) is 6.49. The van der Waals surface area contributed by atoms with Gasteiger partial charge < -0.3 is 15.2 Å². The summed E-state index contributed by atoms with van der Waals surface area (Å²) in [6.45, 7) is 1.92. The highest BCUT2D eigenvalue weighted by atomic mass is 16.3. The van der Waals surface area contributed by atoms with Crippen LogP contribution in [0.3, 0.4) is 0 Å². The van der Waals surface area contributed by atoms with Gasteiger partial charge >= 0.3 is 0 Å². The molecule has 0 atom stereocenters. The third-order valence-corrected chi connectivity index (χ3v) is 4.65. The standard InChI is InChI=1S/C20H19N3O3/c24-17-7-6-13(10-18(17)25)11-23-9-8-15-16(12-23)21-19(22-20(15)26)14-4-2-1-3-5-14/h1-7,10,24-25H,8-9,11-12H2,(H,21,22,26). The molecule has 132 valence electrons. The molecule has 3 aromatic rings. The molecule has 0 unspecified atom stereocenters. The fourth-order valence-corrected chi connectivity index (χ4v) is 3.29. The van der Waals surface area contributed by atoms with E-state index in [0.29, 0.717) is 25.3 Å². The lowest BCUT2D eigenvalue weighted by molar-refractivity contribution is 0.240. The number of H-pyrrole nitrogens is 1. The monoisotopic (exact) mass is 349 g/mol. The maximum absolute atomic E-state index is 12.4. The number of benzene rings is 2. The van der Waals surface area contributed by atoms with Gasteiger partial charge in [-0.3, -0.25) is 9.69 Å². The number of phenols is 2. The van der Waals surface area contributed by atoms with E-state index in [1.807, 2.05) is 30.3 Å². The van der Waals surface area contributed by atoms with Crippen molar-refractivity contribution in [1.29, 1.82) is 0 Å². The van der Waals surface area contributed by atoms with E-state index in [9.17, 15) is 15.0 Å². The van der Waals surface area contributed by atoms with Crippen molar-refractivity contribution in [2.75, 3.05) is 6.54 Å². The number of phenolic OH excluding ortho intramolecular Hbond substituents is 2. The normalized spacial score (nSPS) is 14.2. The number of hydrogen-bond acceptors (Lipinski definition) is 5. The van der Waals surface area contributed by atoms with Crippen molar-refractivity contribution >= 4 is 0 Å². The molecule has 2 heterocycles. The first kappa shape index (κ1) is 16.4. The first-order chi connectivity index (χ1) is 12.6. The summed E-state index contributed by atoms with van der Waals surface area (Å²) in [6, 6.07) is 14.4. The molecular weight excluding hydrogens is 330 g/mol. The van der Waals surface area contributed by atoms with Crippen molar-refractivity contribution < 1.29 is 10.2 Å². The lowest BCUT2D eigenvalue weighted by Gasteiger charge is -2.27. The molecule has 4 rings (SSSR count). The van der Waals surface area contributed by atoms with Crippen LogP contribution in [0, 0.1) is 0 Å². The van der Waals surface area contributed by atoms with Gasteiger partial charge in [0.15, 0.2) is 11.5 Å². The summed E-state index contributed by atoms with van der Waals surface area (Å²) in [5, 5.41) is 19.1. The number of nitrogens with one attached hydrogen (secondary N) is 1. The van der Waals surface area contributed by atoms with Crippen molar-refractivity contribution in [2.24, 2.45) is 0 Å². The van der Waals surface area contributed by atoms with Crippen LogP contribution in [-0.4, -0.2) is 31.6 Å². The molecule has 1 aromatic heterocycles. The molecular formula is C20H19N3O3. The first-order valence-electron chi connectivity index (χ1n) is 8.51. The maximum atomic E-state index is 12.4. The molecule has 26 heavy (non-hydrogen) atoms. The van der Waals surface area contributed by atoms with Crippen LogP contribution in [0.25, 0.3) is 11.4 Å². The van der Waals surface area contributed by atoms with E-state index in [1.165, 1.54) is 6.07 Å². The number of rotatable bonds is 3. The summed E-state index contributed by atoms with van der Waals surface area (Å²) in [5.41, 5.74) is 3.25. The molecule has 1 aliphatic heterocycles. The minimum atomic E-state index is -0.126. The Kier molecular flexibility index (Phi) is 4.18. The van der Waals surface area contributed by atoms with E-state index in [-0.39, 0.29) is 17.1 Å². The zero-order chi connectivity index (χ0) is 18.1. The highest BCUT2D eigenvalue weighted by Gasteiger charge is 2.21. The van der Waals surface area contributed by atoms with Crippen LogP contribution < -0.4 is 5.56 Å². The predicted octanol–water partition coefficient (Wildman–Crippen LogP) is 2.41. The van der Waals surface area contributed by atoms with Gasteiger partial charge in [0.25, 0.3) is 5.56 Å². The zero-order valence-electron chi connectivity index (χ0n) is 14.1.